The number of carbonyl (C=O) groups excluding carboxylic acids is 3. The molecule has 1 saturated carbocycles. The van der Waals surface area contributed by atoms with Gasteiger partial charge in [0.25, 0.3) is 5.69 Å². The molecular weight excluding hydrogens is 338 g/mol. The fourth-order valence-corrected chi connectivity index (χ4v) is 4.41. The molecular formula is C18H17N3O5. The largest absolute Gasteiger partial charge is 0.324 e. The van der Waals surface area contributed by atoms with Crippen molar-refractivity contribution < 1.29 is 19.3 Å². The van der Waals surface area contributed by atoms with E-state index >= 15 is 0 Å². The van der Waals surface area contributed by atoms with E-state index in [1.54, 1.807) is 6.07 Å². The number of hydrogen-bond acceptors (Lipinski definition) is 5. The van der Waals surface area contributed by atoms with Crippen molar-refractivity contribution in [2.45, 2.75) is 13.3 Å². The van der Waals surface area contributed by atoms with Crippen LogP contribution in [0.25, 0.3) is 0 Å². The highest BCUT2D eigenvalue weighted by atomic mass is 16.6. The molecule has 0 radical (unpaired) electrons. The van der Waals surface area contributed by atoms with E-state index in [-0.39, 0.29) is 47.7 Å². The van der Waals surface area contributed by atoms with Gasteiger partial charge in [0.2, 0.25) is 17.7 Å². The summed E-state index contributed by atoms with van der Waals surface area (Å²) < 4.78 is 0. The van der Waals surface area contributed by atoms with Gasteiger partial charge in [0.15, 0.2) is 0 Å². The average Bonchev–Trinajstić information content (AvgIpc) is 3.26. The standard InChI is InChI=1S/C18H17N3O5/c1-9-12(3-2-4-13(9)21(25)26)19-14(22)8-20-17(23)15-10-5-6-11(7-10)16(15)18(20)24/h2-6,10-11,15-16H,7-8H2,1H3,(H,19,22). The minimum absolute atomic E-state index is 0.0912. The molecule has 3 amide bonds. The Morgan fingerprint density at radius 2 is 1.85 bits per heavy atom. The molecule has 2 fully saturated rings. The Kier molecular flexibility index (Phi) is 3.64. The number of benzene rings is 1. The predicted molar refractivity (Wildman–Crippen MR) is 90.9 cm³/mol. The number of nitro groups is 1. The van der Waals surface area contributed by atoms with E-state index in [9.17, 15) is 24.5 Å². The summed E-state index contributed by atoms with van der Waals surface area (Å²) in [4.78, 5) is 49.0. The number of amides is 3. The first-order chi connectivity index (χ1) is 12.4. The van der Waals surface area contributed by atoms with Crippen molar-refractivity contribution in [2.24, 2.45) is 23.7 Å². The van der Waals surface area contributed by atoms with Crippen LogP contribution in [0, 0.1) is 40.7 Å². The summed E-state index contributed by atoms with van der Waals surface area (Å²) in [7, 11) is 0. The summed E-state index contributed by atoms with van der Waals surface area (Å²) in [6.45, 7) is 1.17. The van der Waals surface area contributed by atoms with Gasteiger partial charge in [0, 0.05) is 6.07 Å². The summed E-state index contributed by atoms with van der Waals surface area (Å²) in [6, 6.07) is 4.37. The van der Waals surface area contributed by atoms with Gasteiger partial charge in [-0.15, -0.1) is 0 Å². The third-order valence-electron chi connectivity index (χ3n) is 5.64. The van der Waals surface area contributed by atoms with Crippen LogP contribution in [0.5, 0.6) is 0 Å². The molecule has 1 N–H and O–H groups in total. The molecule has 2 aliphatic carbocycles. The van der Waals surface area contributed by atoms with Crippen LogP contribution in [0.1, 0.15) is 12.0 Å². The Morgan fingerprint density at radius 3 is 2.42 bits per heavy atom. The van der Waals surface area contributed by atoms with E-state index in [4.69, 9.17) is 0 Å². The minimum atomic E-state index is -0.546. The van der Waals surface area contributed by atoms with Crippen LogP contribution in [0.2, 0.25) is 0 Å². The second-order valence-electron chi connectivity index (χ2n) is 7.02. The quantitative estimate of drug-likeness (QED) is 0.382. The summed E-state index contributed by atoms with van der Waals surface area (Å²) in [5.74, 6) is -1.63. The number of carbonyl (C=O) groups is 3. The third-order valence-corrected chi connectivity index (χ3v) is 5.64. The van der Waals surface area contributed by atoms with E-state index in [1.807, 2.05) is 12.2 Å². The maximum absolute atomic E-state index is 12.6. The van der Waals surface area contributed by atoms with Gasteiger partial charge in [0.1, 0.15) is 6.54 Å². The molecule has 3 aliphatic rings. The van der Waals surface area contributed by atoms with E-state index in [0.717, 1.165) is 11.3 Å². The van der Waals surface area contributed by atoms with Crippen molar-refractivity contribution in [3.05, 3.63) is 46.0 Å². The lowest BCUT2D eigenvalue weighted by Gasteiger charge is -2.17. The summed E-state index contributed by atoms with van der Waals surface area (Å²) in [6.07, 6.45) is 4.82. The Balaban J connectivity index is 1.48. The van der Waals surface area contributed by atoms with Crippen LogP contribution in [0.15, 0.2) is 30.4 Å². The number of allylic oxidation sites excluding steroid dienone is 2. The van der Waals surface area contributed by atoms with E-state index in [0.29, 0.717) is 11.3 Å². The Morgan fingerprint density at radius 1 is 1.23 bits per heavy atom. The molecule has 4 unspecified atom stereocenters. The lowest BCUT2D eigenvalue weighted by Crippen LogP contribution is -2.39. The molecule has 0 aromatic heterocycles. The first-order valence-electron chi connectivity index (χ1n) is 8.46. The summed E-state index contributed by atoms with van der Waals surface area (Å²) >= 11 is 0. The molecule has 4 rings (SSSR count). The zero-order valence-electron chi connectivity index (χ0n) is 14.0. The van der Waals surface area contributed by atoms with Crippen molar-refractivity contribution in [3.8, 4) is 0 Å². The number of hydrogen-bond donors (Lipinski definition) is 1. The molecule has 1 aromatic rings. The fraction of sp³-hybridized carbons (Fsp3) is 0.389. The topological polar surface area (TPSA) is 110 Å². The first-order valence-corrected chi connectivity index (χ1v) is 8.46. The normalized spacial score (nSPS) is 28.6. The number of rotatable bonds is 4. The van der Waals surface area contributed by atoms with Crippen LogP contribution in [-0.2, 0) is 14.4 Å². The molecule has 8 nitrogen and oxygen atoms in total. The number of fused-ring (bicyclic) bond motifs is 5. The first kappa shape index (κ1) is 16.4. The van der Waals surface area contributed by atoms with Crippen LogP contribution < -0.4 is 5.32 Å². The van der Waals surface area contributed by atoms with Crippen LogP contribution in [0.3, 0.4) is 0 Å². The molecule has 134 valence electrons. The lowest BCUT2D eigenvalue weighted by atomic mass is 9.85. The van der Waals surface area contributed by atoms with Gasteiger partial charge in [0.05, 0.1) is 28.0 Å². The molecule has 1 aliphatic heterocycles. The Hall–Kier alpha value is -3.03. The number of nitrogens with one attached hydrogen (secondary N) is 1. The summed E-state index contributed by atoms with van der Waals surface area (Å²) in [5, 5.41) is 13.6. The third kappa shape index (κ3) is 2.33. The molecule has 1 aromatic carbocycles. The van der Waals surface area contributed by atoms with Crippen molar-refractivity contribution in [1.29, 1.82) is 0 Å². The Bertz CT molecular complexity index is 848. The van der Waals surface area contributed by atoms with Gasteiger partial charge in [-0.25, -0.2) is 0 Å². The second-order valence-corrected chi connectivity index (χ2v) is 7.02. The second kappa shape index (κ2) is 5.76. The van der Waals surface area contributed by atoms with Gasteiger partial charge in [-0.2, -0.15) is 0 Å². The Labute approximate surface area is 149 Å². The van der Waals surface area contributed by atoms with Crippen molar-refractivity contribution >= 4 is 29.1 Å². The smallest absolute Gasteiger partial charge is 0.274 e. The zero-order valence-corrected chi connectivity index (χ0v) is 14.0. The number of nitrogens with zero attached hydrogens (tertiary/aromatic N) is 2. The van der Waals surface area contributed by atoms with E-state index in [1.165, 1.54) is 19.1 Å². The van der Waals surface area contributed by atoms with Crippen molar-refractivity contribution in [1.82, 2.24) is 4.90 Å². The predicted octanol–water partition coefficient (Wildman–Crippen LogP) is 1.65. The molecule has 0 spiro atoms. The minimum Gasteiger partial charge on any atom is -0.324 e. The van der Waals surface area contributed by atoms with Crippen molar-refractivity contribution in [2.75, 3.05) is 11.9 Å². The fourth-order valence-electron chi connectivity index (χ4n) is 4.41. The van der Waals surface area contributed by atoms with E-state index in [2.05, 4.69) is 5.32 Å². The molecule has 1 heterocycles. The average molecular weight is 355 g/mol. The molecule has 4 atom stereocenters. The van der Waals surface area contributed by atoms with Gasteiger partial charge in [-0.1, -0.05) is 18.2 Å². The van der Waals surface area contributed by atoms with Crippen LogP contribution in [-0.4, -0.2) is 34.1 Å². The number of anilines is 1. The zero-order chi connectivity index (χ0) is 18.6. The highest BCUT2D eigenvalue weighted by molar-refractivity contribution is 6.09. The molecule has 8 heteroatoms. The van der Waals surface area contributed by atoms with Crippen LogP contribution in [0.4, 0.5) is 11.4 Å². The van der Waals surface area contributed by atoms with Gasteiger partial charge in [-0.05, 0) is 31.2 Å². The SMILES string of the molecule is Cc1c(NC(=O)CN2C(=O)C3C4C=CC(C4)C3C2=O)cccc1[N+](=O)[O-]. The number of likely N-dealkylation sites (tertiary alicyclic amines) is 1. The summed E-state index contributed by atoms with van der Waals surface area (Å²) in [5.41, 5.74) is 0.516. The maximum atomic E-state index is 12.6. The number of imide groups is 1. The highest BCUT2D eigenvalue weighted by Crippen LogP contribution is 2.52. The van der Waals surface area contributed by atoms with Gasteiger partial charge >= 0.3 is 0 Å². The lowest BCUT2D eigenvalue weighted by molar-refractivity contribution is -0.385. The van der Waals surface area contributed by atoms with Gasteiger partial charge in [-0.3, -0.25) is 29.4 Å². The highest BCUT2D eigenvalue weighted by Gasteiger charge is 2.59. The van der Waals surface area contributed by atoms with E-state index < -0.39 is 10.8 Å². The number of nitro benzene ring substituents is 1. The van der Waals surface area contributed by atoms with Gasteiger partial charge < -0.3 is 5.32 Å². The molecule has 26 heavy (non-hydrogen) atoms. The van der Waals surface area contributed by atoms with Crippen LogP contribution >= 0.6 is 0 Å². The monoisotopic (exact) mass is 355 g/mol. The maximum Gasteiger partial charge on any atom is 0.274 e. The molecule has 2 bridgehead atoms. The van der Waals surface area contributed by atoms with Crippen molar-refractivity contribution in [3.63, 3.8) is 0 Å². The molecule has 1 saturated heterocycles.